The highest BCUT2D eigenvalue weighted by Gasteiger charge is 2.34. The van der Waals surface area contributed by atoms with Crippen molar-refractivity contribution in [3.8, 4) is 0 Å². The number of carbonyl (C=O) groups excluding carboxylic acids is 1. The number of sulfonamides is 1. The van der Waals surface area contributed by atoms with E-state index in [-0.39, 0.29) is 35.6 Å². The van der Waals surface area contributed by atoms with Crippen LogP contribution in [0, 0.1) is 5.92 Å². The molecule has 8 nitrogen and oxygen atoms in total. The summed E-state index contributed by atoms with van der Waals surface area (Å²) < 4.78 is 25.6. The third-order valence-electron chi connectivity index (χ3n) is 6.65. The summed E-state index contributed by atoms with van der Waals surface area (Å²) in [5.74, 6) is 1.12. The van der Waals surface area contributed by atoms with Crippen LogP contribution in [0.25, 0.3) is 0 Å². The highest BCUT2D eigenvalue weighted by molar-refractivity contribution is 7.89. The van der Waals surface area contributed by atoms with E-state index in [0.29, 0.717) is 43.1 Å². The fourth-order valence-corrected chi connectivity index (χ4v) is 5.88. The predicted molar refractivity (Wildman–Crippen MR) is 109 cm³/mol. The van der Waals surface area contributed by atoms with Crippen LogP contribution in [0.3, 0.4) is 0 Å². The number of aromatic amines is 1. The van der Waals surface area contributed by atoms with Crippen LogP contribution in [-0.2, 0) is 27.8 Å². The molecule has 1 aliphatic carbocycles. The Kier molecular flexibility index (Phi) is 5.79. The molecule has 0 bridgehead atoms. The third-order valence-corrected chi connectivity index (χ3v) is 8.48. The molecule has 1 saturated heterocycles. The minimum atomic E-state index is -3.33. The fraction of sp³-hybridized carbons (Fsp3) is 0.750. The molecule has 0 unspecified atom stereocenters. The number of rotatable bonds is 4. The molecule has 2 aliphatic heterocycles. The van der Waals surface area contributed by atoms with Crippen molar-refractivity contribution in [3.05, 3.63) is 27.4 Å². The molecule has 0 radical (unpaired) electrons. The summed E-state index contributed by atoms with van der Waals surface area (Å²) in [5.41, 5.74) is 0.895. The van der Waals surface area contributed by atoms with Gasteiger partial charge in [-0.15, -0.1) is 0 Å². The van der Waals surface area contributed by atoms with Gasteiger partial charge in [0.25, 0.3) is 5.56 Å². The molecule has 1 aromatic heterocycles. The summed E-state index contributed by atoms with van der Waals surface area (Å²) in [5, 5.41) is 0. The molecule has 160 valence electrons. The summed E-state index contributed by atoms with van der Waals surface area (Å²) in [6.07, 6.45) is 6.73. The Morgan fingerprint density at radius 1 is 1.17 bits per heavy atom. The zero-order valence-corrected chi connectivity index (χ0v) is 17.8. The van der Waals surface area contributed by atoms with E-state index in [1.807, 2.05) is 4.90 Å². The first kappa shape index (κ1) is 20.5. The van der Waals surface area contributed by atoms with Crippen molar-refractivity contribution < 1.29 is 13.2 Å². The quantitative estimate of drug-likeness (QED) is 0.789. The Bertz CT molecular complexity index is 936. The summed E-state index contributed by atoms with van der Waals surface area (Å²) in [6, 6.07) is 0. The Labute approximate surface area is 171 Å². The van der Waals surface area contributed by atoms with Gasteiger partial charge >= 0.3 is 0 Å². The molecule has 4 rings (SSSR count). The van der Waals surface area contributed by atoms with Crippen LogP contribution in [0.2, 0.25) is 0 Å². The van der Waals surface area contributed by atoms with Gasteiger partial charge in [0.2, 0.25) is 15.9 Å². The highest BCUT2D eigenvalue weighted by Crippen LogP contribution is 2.30. The molecule has 1 aromatic rings. The van der Waals surface area contributed by atoms with Gasteiger partial charge in [0, 0.05) is 44.4 Å². The largest absolute Gasteiger partial charge is 0.342 e. The van der Waals surface area contributed by atoms with Crippen molar-refractivity contribution >= 4 is 15.9 Å². The van der Waals surface area contributed by atoms with E-state index in [2.05, 4.69) is 9.97 Å². The van der Waals surface area contributed by atoms with Gasteiger partial charge in [0.1, 0.15) is 5.82 Å². The number of nitrogens with one attached hydrogen (secondary N) is 1. The Morgan fingerprint density at radius 3 is 2.66 bits per heavy atom. The van der Waals surface area contributed by atoms with Crippen LogP contribution in [0.15, 0.2) is 4.79 Å². The molecule has 2 fully saturated rings. The zero-order chi connectivity index (χ0) is 20.6. The SMILES string of the molecule is CCS(=O)(=O)N1CCc2nc([C@@H]3CCN(C(=O)C4CCCCC4)C3)[nH]c(=O)c2C1. The van der Waals surface area contributed by atoms with Crippen LogP contribution in [0.4, 0.5) is 0 Å². The lowest BCUT2D eigenvalue weighted by molar-refractivity contribution is -0.135. The van der Waals surface area contributed by atoms with Crippen molar-refractivity contribution in [3.63, 3.8) is 0 Å². The number of amides is 1. The van der Waals surface area contributed by atoms with Gasteiger partial charge in [-0.3, -0.25) is 9.59 Å². The van der Waals surface area contributed by atoms with Gasteiger partial charge in [-0.2, -0.15) is 4.31 Å². The van der Waals surface area contributed by atoms with Gasteiger partial charge in [-0.1, -0.05) is 19.3 Å². The molecule has 3 aliphatic rings. The lowest BCUT2D eigenvalue weighted by Crippen LogP contribution is -2.40. The van der Waals surface area contributed by atoms with Crippen molar-refractivity contribution in [1.29, 1.82) is 0 Å². The van der Waals surface area contributed by atoms with Crippen molar-refractivity contribution in [1.82, 2.24) is 19.2 Å². The maximum absolute atomic E-state index is 12.8. The van der Waals surface area contributed by atoms with Crippen molar-refractivity contribution in [2.45, 2.75) is 64.3 Å². The molecular formula is C20H30N4O4S. The van der Waals surface area contributed by atoms with E-state index in [1.54, 1.807) is 6.92 Å². The number of hydrogen-bond acceptors (Lipinski definition) is 5. The van der Waals surface area contributed by atoms with Crippen molar-refractivity contribution in [2.24, 2.45) is 5.92 Å². The molecular weight excluding hydrogens is 392 g/mol. The summed E-state index contributed by atoms with van der Waals surface area (Å²) in [7, 11) is -3.33. The molecule has 1 amide bonds. The number of nitrogens with zero attached hydrogens (tertiary/aromatic N) is 3. The standard InChI is InChI=1S/C20H30N4O4S/c1-2-29(27,28)24-11-9-17-16(13-24)19(25)22-18(21-17)15-8-10-23(12-15)20(26)14-6-4-3-5-7-14/h14-15H,2-13H2,1H3,(H,21,22,25)/t15-/m1/s1. The number of likely N-dealkylation sites (tertiary alicyclic amines) is 1. The monoisotopic (exact) mass is 422 g/mol. The van der Waals surface area contributed by atoms with E-state index in [9.17, 15) is 18.0 Å². The second-order valence-corrected chi connectivity index (χ2v) is 10.7. The molecule has 0 spiro atoms. The normalized spacial score (nSPS) is 23.9. The molecule has 0 aromatic carbocycles. The lowest BCUT2D eigenvalue weighted by Gasteiger charge is -2.27. The predicted octanol–water partition coefficient (Wildman–Crippen LogP) is 1.37. The maximum Gasteiger partial charge on any atom is 0.255 e. The van der Waals surface area contributed by atoms with Crippen LogP contribution in [0.5, 0.6) is 0 Å². The summed E-state index contributed by atoms with van der Waals surface area (Å²) in [6.45, 7) is 3.37. The minimum Gasteiger partial charge on any atom is -0.342 e. The van der Waals surface area contributed by atoms with E-state index in [1.165, 1.54) is 10.7 Å². The lowest BCUT2D eigenvalue weighted by atomic mass is 9.88. The molecule has 1 saturated carbocycles. The fourth-order valence-electron chi connectivity index (χ4n) is 4.82. The first-order chi connectivity index (χ1) is 13.9. The van der Waals surface area contributed by atoms with E-state index >= 15 is 0 Å². The Morgan fingerprint density at radius 2 is 1.93 bits per heavy atom. The topological polar surface area (TPSA) is 103 Å². The van der Waals surface area contributed by atoms with Gasteiger partial charge in [0.15, 0.2) is 0 Å². The van der Waals surface area contributed by atoms with Gasteiger partial charge < -0.3 is 9.88 Å². The van der Waals surface area contributed by atoms with E-state index in [4.69, 9.17) is 0 Å². The second-order valence-electron chi connectivity index (χ2n) is 8.47. The summed E-state index contributed by atoms with van der Waals surface area (Å²) >= 11 is 0. The van der Waals surface area contributed by atoms with Crippen molar-refractivity contribution in [2.75, 3.05) is 25.4 Å². The smallest absolute Gasteiger partial charge is 0.255 e. The molecule has 29 heavy (non-hydrogen) atoms. The Hall–Kier alpha value is -1.74. The van der Waals surface area contributed by atoms with E-state index in [0.717, 1.165) is 32.1 Å². The van der Waals surface area contributed by atoms with Crippen LogP contribution in [0.1, 0.15) is 68.4 Å². The number of fused-ring (bicyclic) bond motifs is 1. The van der Waals surface area contributed by atoms with Crippen LogP contribution >= 0.6 is 0 Å². The number of aromatic nitrogens is 2. The first-order valence-electron chi connectivity index (χ1n) is 10.8. The summed E-state index contributed by atoms with van der Waals surface area (Å²) in [4.78, 5) is 35.0. The maximum atomic E-state index is 12.8. The minimum absolute atomic E-state index is 0.0265. The van der Waals surface area contributed by atoms with Crippen LogP contribution < -0.4 is 5.56 Å². The average molecular weight is 423 g/mol. The second kappa shape index (κ2) is 8.18. The van der Waals surface area contributed by atoms with Gasteiger partial charge in [0.05, 0.1) is 17.0 Å². The zero-order valence-electron chi connectivity index (χ0n) is 17.0. The van der Waals surface area contributed by atoms with Gasteiger partial charge in [-0.25, -0.2) is 13.4 Å². The number of H-pyrrole nitrogens is 1. The highest BCUT2D eigenvalue weighted by atomic mass is 32.2. The number of carbonyl (C=O) groups is 1. The average Bonchev–Trinajstić information content (AvgIpc) is 3.24. The first-order valence-corrected chi connectivity index (χ1v) is 12.4. The van der Waals surface area contributed by atoms with Crippen LogP contribution in [-0.4, -0.2) is 58.9 Å². The Balaban J connectivity index is 1.48. The molecule has 1 N–H and O–H groups in total. The number of hydrogen-bond donors (Lipinski definition) is 1. The molecule has 3 heterocycles. The molecule has 1 atom stereocenters. The van der Waals surface area contributed by atoms with E-state index < -0.39 is 10.0 Å². The third kappa shape index (κ3) is 4.12. The molecule has 9 heteroatoms. The van der Waals surface area contributed by atoms with Gasteiger partial charge in [-0.05, 0) is 26.2 Å².